The number of halogens is 2. The Kier molecular flexibility index (Phi) is 8.87. The van der Waals surface area contributed by atoms with Crippen molar-refractivity contribution in [1.82, 2.24) is 5.48 Å². The lowest BCUT2D eigenvalue weighted by atomic mass is 10.0. The monoisotopic (exact) mass is 576 g/mol. The lowest BCUT2D eigenvalue weighted by molar-refractivity contribution is -0.124. The van der Waals surface area contributed by atoms with Crippen LogP contribution in [0.25, 0.3) is 10.8 Å². The van der Waals surface area contributed by atoms with E-state index in [1.54, 1.807) is 24.3 Å². The van der Waals surface area contributed by atoms with Crippen LogP contribution in [0.1, 0.15) is 30.9 Å². The molecule has 0 spiro atoms. The van der Waals surface area contributed by atoms with Gasteiger partial charge in [-0.2, -0.15) is 0 Å². The molecule has 3 aromatic rings. The Morgan fingerprint density at radius 2 is 1.85 bits per heavy atom. The lowest BCUT2D eigenvalue weighted by Gasteiger charge is -2.21. The fourth-order valence-electron chi connectivity index (χ4n) is 3.36. The van der Waals surface area contributed by atoms with Crippen molar-refractivity contribution in [2.24, 2.45) is 0 Å². The van der Waals surface area contributed by atoms with Crippen molar-refractivity contribution in [1.29, 1.82) is 0 Å². The van der Waals surface area contributed by atoms with Crippen LogP contribution in [-0.4, -0.2) is 22.3 Å². The molecule has 33 heavy (non-hydrogen) atoms. The van der Waals surface area contributed by atoms with E-state index in [2.05, 4.69) is 37.2 Å². The molecule has 0 saturated heterocycles. The number of unbranched alkanes of at least 4 members (excludes halogenated alkanes) is 1. The molecule has 0 fully saturated rings. The minimum atomic E-state index is -0.742. The Morgan fingerprint density at radius 1 is 1.09 bits per heavy atom. The highest BCUT2D eigenvalue weighted by Crippen LogP contribution is 2.38. The number of anilines is 1. The molecule has 0 bridgehead atoms. The summed E-state index contributed by atoms with van der Waals surface area (Å²) in [6, 6.07) is 16.7. The van der Waals surface area contributed by atoms with E-state index in [4.69, 9.17) is 9.94 Å². The molecule has 0 aliphatic rings. The fraction of sp³-hybridized carbons (Fsp3) is 0.167. The molecule has 1 atom stereocenters. The standard InChI is InChI=1S/C24H22Br2N2O5/c25-16-13-18(23(30)19(26)14-16)21(11-2-1-3-12-22(29)28-32)33-24(31)27-20-10-6-8-15-7-4-5-9-17(15)20/h3-10,12-14,21,30,32H,1-2,11H2,(H,27,31)(H,28,29)/b12-3+/t21-/m0/s1. The van der Waals surface area contributed by atoms with E-state index in [9.17, 15) is 14.7 Å². The van der Waals surface area contributed by atoms with Crippen LogP contribution in [0.5, 0.6) is 5.75 Å². The molecule has 0 radical (unpaired) electrons. The number of hydrogen-bond acceptors (Lipinski definition) is 5. The summed E-state index contributed by atoms with van der Waals surface area (Å²) in [7, 11) is 0. The molecule has 0 unspecified atom stereocenters. The van der Waals surface area contributed by atoms with Gasteiger partial charge in [0.25, 0.3) is 5.91 Å². The largest absolute Gasteiger partial charge is 0.506 e. The summed E-state index contributed by atoms with van der Waals surface area (Å²) < 4.78 is 6.91. The number of allylic oxidation sites excluding steroid dienone is 1. The van der Waals surface area contributed by atoms with Crippen molar-refractivity contribution in [3.05, 3.63) is 81.3 Å². The van der Waals surface area contributed by atoms with Gasteiger partial charge in [0.05, 0.1) is 10.2 Å². The summed E-state index contributed by atoms with van der Waals surface area (Å²) >= 11 is 6.72. The molecule has 0 aliphatic carbocycles. The van der Waals surface area contributed by atoms with E-state index < -0.39 is 18.1 Å². The van der Waals surface area contributed by atoms with Gasteiger partial charge in [0.1, 0.15) is 11.9 Å². The molecule has 0 saturated carbocycles. The maximum Gasteiger partial charge on any atom is 0.412 e. The number of rotatable bonds is 8. The van der Waals surface area contributed by atoms with Crippen molar-refractivity contribution >= 4 is 60.3 Å². The minimum Gasteiger partial charge on any atom is -0.506 e. The number of carbonyl (C=O) groups is 2. The molecule has 0 aliphatic heterocycles. The molecule has 4 N–H and O–H groups in total. The smallest absolute Gasteiger partial charge is 0.412 e. The van der Waals surface area contributed by atoms with Gasteiger partial charge in [0, 0.05) is 21.5 Å². The first-order valence-corrected chi connectivity index (χ1v) is 11.7. The molecule has 172 valence electrons. The van der Waals surface area contributed by atoms with Crippen molar-refractivity contribution in [2.75, 3.05) is 5.32 Å². The zero-order valence-electron chi connectivity index (χ0n) is 17.4. The average Bonchev–Trinajstić information content (AvgIpc) is 2.80. The number of fused-ring (bicyclic) bond motifs is 1. The summed E-state index contributed by atoms with van der Waals surface area (Å²) in [6.07, 6.45) is 2.89. The number of hydroxylamine groups is 1. The van der Waals surface area contributed by atoms with Gasteiger partial charge in [0.2, 0.25) is 0 Å². The van der Waals surface area contributed by atoms with Gasteiger partial charge in [-0.1, -0.05) is 58.4 Å². The summed E-state index contributed by atoms with van der Waals surface area (Å²) in [5, 5.41) is 23.8. The maximum atomic E-state index is 12.8. The van der Waals surface area contributed by atoms with Gasteiger partial charge in [-0.05, 0) is 58.8 Å². The van der Waals surface area contributed by atoms with Gasteiger partial charge < -0.3 is 9.84 Å². The minimum absolute atomic E-state index is 0.0173. The number of nitrogens with one attached hydrogen (secondary N) is 2. The van der Waals surface area contributed by atoms with E-state index in [0.29, 0.717) is 39.5 Å². The van der Waals surface area contributed by atoms with Gasteiger partial charge in [-0.3, -0.25) is 15.3 Å². The number of benzene rings is 3. The summed E-state index contributed by atoms with van der Waals surface area (Å²) in [4.78, 5) is 23.9. The van der Waals surface area contributed by atoms with Gasteiger partial charge in [-0.25, -0.2) is 10.3 Å². The third-order valence-corrected chi connectivity index (χ3v) is 5.96. The summed E-state index contributed by atoms with van der Waals surface area (Å²) in [5.41, 5.74) is 2.59. The van der Waals surface area contributed by atoms with E-state index in [1.807, 2.05) is 36.4 Å². The average molecular weight is 578 g/mol. The zero-order chi connectivity index (χ0) is 23.8. The second-order valence-electron chi connectivity index (χ2n) is 7.18. The van der Waals surface area contributed by atoms with Crippen LogP contribution in [0, 0.1) is 0 Å². The second kappa shape index (κ2) is 11.8. The first-order valence-electron chi connectivity index (χ1n) is 10.1. The van der Waals surface area contributed by atoms with Crippen LogP contribution in [0.15, 0.2) is 75.7 Å². The Hall–Kier alpha value is -2.88. The van der Waals surface area contributed by atoms with E-state index in [-0.39, 0.29) is 5.75 Å². The fourth-order valence-corrected chi connectivity index (χ4v) is 4.62. The second-order valence-corrected chi connectivity index (χ2v) is 8.95. The first kappa shape index (κ1) is 24.8. The normalized spacial score (nSPS) is 12.0. The number of amides is 2. The molecule has 3 aromatic carbocycles. The third kappa shape index (κ3) is 6.80. The van der Waals surface area contributed by atoms with E-state index in [0.717, 1.165) is 10.8 Å². The molecule has 9 heteroatoms. The molecule has 7 nitrogen and oxygen atoms in total. The number of ether oxygens (including phenoxy) is 1. The van der Waals surface area contributed by atoms with Crippen LogP contribution in [-0.2, 0) is 9.53 Å². The highest BCUT2D eigenvalue weighted by Gasteiger charge is 2.22. The van der Waals surface area contributed by atoms with Crippen molar-refractivity contribution in [3.63, 3.8) is 0 Å². The van der Waals surface area contributed by atoms with E-state index >= 15 is 0 Å². The van der Waals surface area contributed by atoms with Crippen LogP contribution in [0.4, 0.5) is 10.5 Å². The van der Waals surface area contributed by atoms with Crippen molar-refractivity contribution in [3.8, 4) is 5.75 Å². The molecule has 2 amide bonds. The number of phenols is 1. The zero-order valence-corrected chi connectivity index (χ0v) is 20.6. The van der Waals surface area contributed by atoms with Gasteiger partial charge in [-0.15, -0.1) is 0 Å². The Bertz CT molecular complexity index is 1180. The molecule has 0 heterocycles. The number of aromatic hydroxyl groups is 1. The number of phenolic OH excluding ortho intramolecular Hbond substituents is 1. The molecule has 0 aromatic heterocycles. The number of carbonyl (C=O) groups excluding carboxylic acids is 2. The molecule has 3 rings (SSSR count). The lowest BCUT2D eigenvalue weighted by Crippen LogP contribution is -2.18. The van der Waals surface area contributed by atoms with Crippen LogP contribution in [0.2, 0.25) is 0 Å². The first-order chi connectivity index (χ1) is 15.9. The van der Waals surface area contributed by atoms with E-state index in [1.165, 1.54) is 11.6 Å². The molecular formula is C24H22Br2N2O5. The van der Waals surface area contributed by atoms with Gasteiger partial charge >= 0.3 is 6.09 Å². The molecular weight excluding hydrogens is 556 g/mol. The third-order valence-electron chi connectivity index (χ3n) is 4.90. The van der Waals surface area contributed by atoms with Crippen LogP contribution < -0.4 is 10.8 Å². The number of hydrogen-bond donors (Lipinski definition) is 4. The quantitative estimate of drug-likeness (QED) is 0.104. The predicted octanol–water partition coefficient (Wildman–Crippen LogP) is 6.59. The SMILES string of the molecule is O=C(/C=C/CCC[C@H](OC(=O)Nc1cccc2ccccc12)c1cc(Br)cc(Br)c1O)NO. The summed E-state index contributed by atoms with van der Waals surface area (Å²) in [5.74, 6) is -0.637. The predicted molar refractivity (Wildman–Crippen MR) is 133 cm³/mol. The van der Waals surface area contributed by atoms with Crippen LogP contribution in [0.3, 0.4) is 0 Å². The summed E-state index contributed by atoms with van der Waals surface area (Å²) in [6.45, 7) is 0. The Balaban J connectivity index is 1.77. The topological polar surface area (TPSA) is 108 Å². The van der Waals surface area contributed by atoms with Crippen LogP contribution >= 0.6 is 31.9 Å². The Morgan fingerprint density at radius 3 is 2.64 bits per heavy atom. The van der Waals surface area contributed by atoms with Gasteiger partial charge in [0.15, 0.2) is 0 Å². The highest BCUT2D eigenvalue weighted by molar-refractivity contribution is 9.11. The Labute approximate surface area is 207 Å². The maximum absolute atomic E-state index is 12.8. The highest BCUT2D eigenvalue weighted by atomic mass is 79.9. The van der Waals surface area contributed by atoms with Crippen molar-refractivity contribution < 1.29 is 24.6 Å². The van der Waals surface area contributed by atoms with Crippen molar-refractivity contribution in [2.45, 2.75) is 25.4 Å².